The Morgan fingerprint density at radius 1 is 1.30 bits per heavy atom. The third-order valence-electron chi connectivity index (χ3n) is 3.66. The van der Waals surface area contributed by atoms with Gasteiger partial charge in [-0.2, -0.15) is 11.8 Å². The molecule has 0 radical (unpaired) electrons. The van der Waals surface area contributed by atoms with Gasteiger partial charge in [-0.25, -0.2) is 0 Å². The normalized spacial score (nSPS) is 19.1. The predicted molar refractivity (Wildman–Crippen MR) is 90.3 cm³/mol. The molecule has 1 heterocycles. The zero-order valence-corrected chi connectivity index (χ0v) is 13.9. The Morgan fingerprint density at radius 3 is 2.85 bits per heavy atom. The summed E-state index contributed by atoms with van der Waals surface area (Å²) in [5, 5.41) is 3.48. The van der Waals surface area contributed by atoms with Crippen LogP contribution in [0.2, 0.25) is 0 Å². The van der Waals surface area contributed by atoms with Crippen LogP contribution in [0.3, 0.4) is 0 Å². The monoisotopic (exact) mass is 292 g/mol. The van der Waals surface area contributed by atoms with E-state index in [4.69, 9.17) is 0 Å². The number of nitrogens with zero attached hydrogens (tertiary/aromatic N) is 1. The van der Waals surface area contributed by atoms with Crippen molar-refractivity contribution in [3.8, 4) is 0 Å². The van der Waals surface area contributed by atoms with Crippen LogP contribution in [-0.2, 0) is 13.1 Å². The summed E-state index contributed by atoms with van der Waals surface area (Å²) in [6.45, 7) is 12.5. The minimum absolute atomic E-state index is 0.401. The van der Waals surface area contributed by atoms with Crippen LogP contribution in [0.1, 0.15) is 38.3 Å². The summed E-state index contributed by atoms with van der Waals surface area (Å²) in [4.78, 5) is 2.59. The highest BCUT2D eigenvalue weighted by Crippen LogP contribution is 2.30. The van der Waals surface area contributed by atoms with Crippen molar-refractivity contribution in [3.63, 3.8) is 0 Å². The molecule has 1 aliphatic rings. The van der Waals surface area contributed by atoms with E-state index in [1.807, 2.05) is 0 Å². The number of nitrogens with one attached hydrogen (secondary N) is 1. The van der Waals surface area contributed by atoms with E-state index < -0.39 is 0 Å². The van der Waals surface area contributed by atoms with Crippen molar-refractivity contribution >= 4 is 11.8 Å². The summed E-state index contributed by atoms with van der Waals surface area (Å²) in [5.74, 6) is 1.25. The lowest BCUT2D eigenvalue weighted by Crippen LogP contribution is -2.42. The number of hydrogen-bond donors (Lipinski definition) is 1. The molecular weight excluding hydrogens is 264 g/mol. The number of benzene rings is 1. The second kappa shape index (κ2) is 7.48. The zero-order valence-electron chi connectivity index (χ0n) is 13.1. The maximum Gasteiger partial charge on any atom is 0.0234 e. The first-order valence-corrected chi connectivity index (χ1v) is 8.72. The third-order valence-corrected chi connectivity index (χ3v) is 4.96. The van der Waals surface area contributed by atoms with Gasteiger partial charge in [-0.05, 0) is 37.9 Å². The lowest BCUT2D eigenvalue weighted by molar-refractivity contribution is 0.252. The van der Waals surface area contributed by atoms with E-state index in [2.05, 4.69) is 67.0 Å². The van der Waals surface area contributed by atoms with E-state index in [0.717, 1.165) is 19.6 Å². The van der Waals surface area contributed by atoms with Crippen LogP contribution in [0.4, 0.5) is 0 Å². The van der Waals surface area contributed by atoms with E-state index in [-0.39, 0.29) is 0 Å². The minimum atomic E-state index is 0.401. The highest BCUT2D eigenvalue weighted by molar-refractivity contribution is 8.00. The van der Waals surface area contributed by atoms with Gasteiger partial charge in [0.1, 0.15) is 0 Å². The smallest absolute Gasteiger partial charge is 0.0234 e. The topological polar surface area (TPSA) is 15.3 Å². The van der Waals surface area contributed by atoms with Crippen LogP contribution in [0.5, 0.6) is 0 Å². The zero-order chi connectivity index (χ0) is 14.4. The van der Waals surface area contributed by atoms with Gasteiger partial charge in [0.2, 0.25) is 0 Å². The Bertz CT molecular complexity index is 417. The predicted octanol–water partition coefficient (Wildman–Crippen LogP) is 3.51. The molecule has 0 spiro atoms. The molecule has 1 saturated heterocycles. The lowest BCUT2D eigenvalue weighted by Gasteiger charge is -2.37. The molecule has 1 aromatic rings. The van der Waals surface area contributed by atoms with Crippen LogP contribution >= 0.6 is 11.8 Å². The van der Waals surface area contributed by atoms with E-state index >= 15 is 0 Å². The van der Waals surface area contributed by atoms with Gasteiger partial charge in [-0.15, -0.1) is 0 Å². The summed E-state index contributed by atoms with van der Waals surface area (Å²) in [6.07, 6.45) is 1.19. The Balaban J connectivity index is 1.90. The van der Waals surface area contributed by atoms with Gasteiger partial charge in [-0.1, -0.05) is 31.2 Å². The summed E-state index contributed by atoms with van der Waals surface area (Å²) in [7, 11) is 0. The highest BCUT2D eigenvalue weighted by Gasteiger charge is 2.26. The van der Waals surface area contributed by atoms with Crippen LogP contribution < -0.4 is 5.32 Å². The van der Waals surface area contributed by atoms with E-state index in [9.17, 15) is 0 Å². The maximum atomic E-state index is 3.48. The molecule has 1 aromatic carbocycles. The van der Waals surface area contributed by atoms with Crippen LogP contribution in [-0.4, -0.2) is 35.0 Å². The molecular formula is C17H28N2S. The van der Waals surface area contributed by atoms with E-state index in [0.29, 0.717) is 4.75 Å². The average molecular weight is 292 g/mol. The van der Waals surface area contributed by atoms with Crippen LogP contribution in [0.25, 0.3) is 0 Å². The first kappa shape index (κ1) is 15.9. The highest BCUT2D eigenvalue weighted by atomic mass is 32.2. The first-order valence-electron chi connectivity index (χ1n) is 7.74. The molecule has 1 N–H and O–H groups in total. The number of rotatable bonds is 6. The van der Waals surface area contributed by atoms with Crippen molar-refractivity contribution in [1.82, 2.24) is 10.2 Å². The molecule has 3 heteroatoms. The molecule has 0 bridgehead atoms. The second-order valence-corrected chi connectivity index (χ2v) is 8.12. The lowest BCUT2D eigenvalue weighted by atomic mass is 10.1. The van der Waals surface area contributed by atoms with Crippen molar-refractivity contribution in [1.29, 1.82) is 0 Å². The van der Waals surface area contributed by atoms with Gasteiger partial charge in [-0.3, -0.25) is 4.90 Å². The van der Waals surface area contributed by atoms with Crippen molar-refractivity contribution < 1.29 is 0 Å². The summed E-state index contributed by atoms with van der Waals surface area (Å²) >= 11 is 2.10. The summed E-state index contributed by atoms with van der Waals surface area (Å²) in [5.41, 5.74) is 2.85. The van der Waals surface area contributed by atoms with Gasteiger partial charge < -0.3 is 5.32 Å². The quantitative estimate of drug-likeness (QED) is 0.808. The van der Waals surface area contributed by atoms with Gasteiger partial charge in [0.25, 0.3) is 0 Å². The van der Waals surface area contributed by atoms with Gasteiger partial charge in [0.15, 0.2) is 0 Å². The molecule has 1 aliphatic heterocycles. The Morgan fingerprint density at radius 2 is 2.10 bits per heavy atom. The van der Waals surface area contributed by atoms with Gasteiger partial charge in [0, 0.05) is 36.7 Å². The van der Waals surface area contributed by atoms with Crippen molar-refractivity contribution in [2.45, 2.75) is 45.0 Å². The molecule has 0 amide bonds. The molecule has 112 valence electrons. The third kappa shape index (κ3) is 5.12. The maximum absolute atomic E-state index is 3.48. The summed E-state index contributed by atoms with van der Waals surface area (Å²) < 4.78 is 0.401. The Hall–Kier alpha value is -0.510. The standard InChI is InChI=1S/C17H28N2S/c1-4-8-18-12-15-6-5-7-16(11-15)13-19-9-10-20-17(2,3)14-19/h5-7,11,18H,4,8-10,12-14H2,1-3H3. The Labute approximate surface area is 128 Å². The SMILES string of the molecule is CCCNCc1cccc(CN2CCSC(C)(C)C2)c1. The van der Waals surface area contributed by atoms with Gasteiger partial charge in [0.05, 0.1) is 0 Å². The molecule has 0 saturated carbocycles. The van der Waals surface area contributed by atoms with Crippen LogP contribution in [0, 0.1) is 0 Å². The fourth-order valence-electron chi connectivity index (χ4n) is 2.75. The average Bonchev–Trinajstić information content (AvgIpc) is 2.38. The minimum Gasteiger partial charge on any atom is -0.313 e. The largest absolute Gasteiger partial charge is 0.313 e. The Kier molecular flexibility index (Phi) is 5.94. The fourth-order valence-corrected chi connectivity index (χ4v) is 3.93. The molecule has 0 aromatic heterocycles. The number of hydrogen-bond acceptors (Lipinski definition) is 3. The molecule has 2 rings (SSSR count). The molecule has 0 aliphatic carbocycles. The van der Waals surface area contributed by atoms with Crippen molar-refractivity contribution in [2.75, 3.05) is 25.4 Å². The molecule has 1 fully saturated rings. The second-order valence-electron chi connectivity index (χ2n) is 6.32. The van der Waals surface area contributed by atoms with Gasteiger partial charge >= 0.3 is 0 Å². The molecule has 0 unspecified atom stereocenters. The first-order chi connectivity index (χ1) is 9.59. The molecule has 20 heavy (non-hydrogen) atoms. The van der Waals surface area contributed by atoms with E-state index in [1.54, 1.807) is 0 Å². The van der Waals surface area contributed by atoms with Crippen molar-refractivity contribution in [2.24, 2.45) is 0 Å². The summed E-state index contributed by atoms with van der Waals surface area (Å²) in [6, 6.07) is 9.04. The van der Waals surface area contributed by atoms with Crippen molar-refractivity contribution in [3.05, 3.63) is 35.4 Å². The van der Waals surface area contributed by atoms with Crippen LogP contribution in [0.15, 0.2) is 24.3 Å². The fraction of sp³-hybridized carbons (Fsp3) is 0.647. The molecule has 0 atom stereocenters. The molecule has 2 nitrogen and oxygen atoms in total. The number of thioether (sulfide) groups is 1. The van der Waals surface area contributed by atoms with E-state index in [1.165, 1.54) is 36.4 Å².